The Morgan fingerprint density at radius 1 is 1.17 bits per heavy atom. The number of hydrogen-bond acceptors (Lipinski definition) is 6. The normalized spacial score (nSPS) is 12.9. The summed E-state index contributed by atoms with van der Waals surface area (Å²) in [7, 11) is -7.56. The first kappa shape index (κ1) is 13.4. The minimum Gasteiger partial charge on any atom is -0.244 e. The molecule has 0 saturated carbocycles. The highest BCUT2D eigenvalue weighted by molar-refractivity contribution is 7.94. The largest absolute Gasteiger partial charge is 0.244 e. The fraction of sp³-hybridized carbons (Fsp3) is 0.222. The van der Waals surface area contributed by atoms with Crippen molar-refractivity contribution in [3.63, 3.8) is 0 Å². The number of primary sulfonamides is 1. The number of rotatable bonds is 4. The van der Waals surface area contributed by atoms with Crippen LogP contribution >= 0.6 is 11.3 Å². The minimum absolute atomic E-state index is 0.0927. The molecule has 0 fully saturated rings. The van der Waals surface area contributed by atoms with E-state index in [0.29, 0.717) is 5.39 Å². The van der Waals surface area contributed by atoms with Crippen molar-refractivity contribution >= 4 is 41.3 Å². The van der Waals surface area contributed by atoms with Gasteiger partial charge in [-0.1, -0.05) is 0 Å². The van der Waals surface area contributed by atoms with E-state index in [1.54, 1.807) is 17.5 Å². The molecule has 0 unspecified atom stereocenters. The summed E-state index contributed by atoms with van der Waals surface area (Å²) >= 11 is 1.39. The van der Waals surface area contributed by atoms with Crippen molar-refractivity contribution in [3.8, 4) is 0 Å². The summed E-state index contributed by atoms with van der Waals surface area (Å²) in [6.45, 7) is 0. The lowest BCUT2D eigenvalue weighted by Crippen LogP contribution is -2.23. The molecule has 0 atom stereocenters. The summed E-state index contributed by atoms with van der Waals surface area (Å²) < 4.78 is 46.5. The Labute approximate surface area is 108 Å². The van der Waals surface area contributed by atoms with Crippen LogP contribution in [-0.2, 0) is 19.9 Å². The Bertz CT molecular complexity index is 777. The molecule has 2 heterocycles. The molecule has 0 saturated heterocycles. The van der Waals surface area contributed by atoms with E-state index in [1.165, 1.54) is 17.5 Å². The fourth-order valence-electron chi connectivity index (χ4n) is 1.44. The van der Waals surface area contributed by atoms with Crippen LogP contribution in [0.2, 0.25) is 0 Å². The van der Waals surface area contributed by atoms with Gasteiger partial charge in [0.1, 0.15) is 0 Å². The first-order valence-electron chi connectivity index (χ1n) is 4.85. The molecular weight excluding hydrogens is 296 g/mol. The van der Waals surface area contributed by atoms with E-state index in [2.05, 4.69) is 4.98 Å². The molecular formula is C9H10N2O4S3. The van der Waals surface area contributed by atoms with Crippen LogP contribution in [0.15, 0.2) is 28.7 Å². The van der Waals surface area contributed by atoms with Gasteiger partial charge in [-0.05, 0) is 17.5 Å². The Hall–Kier alpha value is -1.03. The zero-order valence-electron chi connectivity index (χ0n) is 9.11. The molecule has 0 aromatic carbocycles. The molecule has 0 aliphatic heterocycles. The monoisotopic (exact) mass is 306 g/mol. The number of fused-ring (bicyclic) bond motifs is 1. The van der Waals surface area contributed by atoms with Crippen molar-refractivity contribution in [1.82, 2.24) is 4.98 Å². The van der Waals surface area contributed by atoms with Gasteiger partial charge >= 0.3 is 0 Å². The third-order valence-corrected chi connectivity index (χ3v) is 5.84. The Morgan fingerprint density at radius 3 is 2.56 bits per heavy atom. The summed E-state index contributed by atoms with van der Waals surface area (Å²) in [5.41, 5.74) is 0. The highest BCUT2D eigenvalue weighted by Crippen LogP contribution is 2.26. The van der Waals surface area contributed by atoms with E-state index in [-0.39, 0.29) is 5.03 Å². The van der Waals surface area contributed by atoms with Crippen LogP contribution in [-0.4, -0.2) is 33.3 Å². The second kappa shape index (κ2) is 4.57. The highest BCUT2D eigenvalue weighted by Gasteiger charge is 2.21. The molecule has 0 spiro atoms. The van der Waals surface area contributed by atoms with Crippen molar-refractivity contribution < 1.29 is 16.8 Å². The van der Waals surface area contributed by atoms with Crippen LogP contribution in [0.5, 0.6) is 0 Å². The van der Waals surface area contributed by atoms with Crippen LogP contribution in [0.25, 0.3) is 10.1 Å². The van der Waals surface area contributed by atoms with Gasteiger partial charge in [0.15, 0.2) is 14.9 Å². The number of nitrogens with two attached hydrogens (primary N) is 1. The van der Waals surface area contributed by atoms with E-state index in [4.69, 9.17) is 5.14 Å². The van der Waals surface area contributed by atoms with Crippen molar-refractivity contribution in [2.45, 2.75) is 5.03 Å². The van der Waals surface area contributed by atoms with Crippen molar-refractivity contribution in [2.75, 3.05) is 11.5 Å². The molecule has 2 N–H and O–H groups in total. The quantitative estimate of drug-likeness (QED) is 0.877. The van der Waals surface area contributed by atoms with E-state index in [0.717, 1.165) is 4.70 Å². The van der Waals surface area contributed by atoms with Crippen LogP contribution in [0.3, 0.4) is 0 Å². The van der Waals surface area contributed by atoms with Gasteiger partial charge in [-0.3, -0.25) is 0 Å². The molecule has 0 radical (unpaired) electrons. The standard InChI is InChI=1S/C9H10N2O4S3/c10-18(14,15)6-5-17(12,13)9-7-2-4-16-8(7)1-3-11-9/h1-4H,5-6H2,(H2,10,14,15). The van der Waals surface area contributed by atoms with Crippen molar-refractivity contribution in [3.05, 3.63) is 23.7 Å². The predicted molar refractivity (Wildman–Crippen MR) is 69.6 cm³/mol. The Balaban J connectivity index is 2.44. The van der Waals surface area contributed by atoms with Crippen molar-refractivity contribution in [2.24, 2.45) is 5.14 Å². The maximum Gasteiger partial charge on any atom is 0.210 e. The average molecular weight is 306 g/mol. The maximum absolute atomic E-state index is 12.0. The molecule has 2 rings (SSSR count). The topological polar surface area (TPSA) is 107 Å². The molecule has 6 nitrogen and oxygen atoms in total. The average Bonchev–Trinajstić information content (AvgIpc) is 2.73. The number of nitrogens with zero attached hydrogens (tertiary/aromatic N) is 1. The predicted octanol–water partition coefficient (Wildman–Crippen LogP) is 0.359. The fourth-order valence-corrected chi connectivity index (χ4v) is 5.02. The van der Waals surface area contributed by atoms with Gasteiger partial charge in [0.2, 0.25) is 10.0 Å². The first-order valence-corrected chi connectivity index (χ1v) is 9.10. The zero-order valence-corrected chi connectivity index (χ0v) is 11.6. The number of thiophene rings is 1. The zero-order chi connectivity index (χ0) is 13.4. The second-order valence-corrected chi connectivity index (χ2v) is 8.34. The Kier molecular flexibility index (Phi) is 3.41. The minimum atomic E-state index is -3.81. The van der Waals surface area contributed by atoms with Crippen LogP contribution in [0.4, 0.5) is 0 Å². The van der Waals surface area contributed by atoms with Crippen LogP contribution in [0, 0.1) is 0 Å². The van der Waals surface area contributed by atoms with Gasteiger partial charge in [0.05, 0.1) is 11.5 Å². The highest BCUT2D eigenvalue weighted by atomic mass is 32.2. The molecule has 0 bridgehead atoms. The molecule has 9 heteroatoms. The lowest BCUT2D eigenvalue weighted by Gasteiger charge is -2.03. The second-order valence-electron chi connectivity index (χ2n) is 3.63. The van der Waals surface area contributed by atoms with Gasteiger partial charge in [0.25, 0.3) is 0 Å². The number of hydrogen-bond donors (Lipinski definition) is 1. The van der Waals surface area contributed by atoms with Crippen LogP contribution in [0.1, 0.15) is 0 Å². The maximum atomic E-state index is 12.0. The number of pyridine rings is 1. The summed E-state index contributed by atoms with van der Waals surface area (Å²) in [4.78, 5) is 3.83. The Morgan fingerprint density at radius 2 is 1.89 bits per heavy atom. The molecule has 98 valence electrons. The molecule has 2 aromatic heterocycles. The van der Waals surface area contributed by atoms with E-state index in [1.807, 2.05) is 0 Å². The number of aromatic nitrogens is 1. The molecule has 0 aliphatic carbocycles. The lowest BCUT2D eigenvalue weighted by atomic mass is 10.3. The van der Waals surface area contributed by atoms with E-state index in [9.17, 15) is 16.8 Å². The number of sulfonamides is 1. The van der Waals surface area contributed by atoms with Crippen molar-refractivity contribution in [1.29, 1.82) is 0 Å². The summed E-state index contributed by atoms with van der Waals surface area (Å²) in [5, 5.41) is 6.98. The van der Waals surface area contributed by atoms with Gasteiger partial charge in [-0.25, -0.2) is 27.0 Å². The number of sulfone groups is 1. The SMILES string of the molecule is NS(=O)(=O)CCS(=O)(=O)c1nccc2sccc12. The first-order chi connectivity index (χ1) is 8.30. The molecule has 18 heavy (non-hydrogen) atoms. The summed E-state index contributed by atoms with van der Waals surface area (Å²) in [6.07, 6.45) is 1.39. The van der Waals surface area contributed by atoms with Gasteiger partial charge < -0.3 is 0 Å². The summed E-state index contributed by atoms with van der Waals surface area (Å²) in [6, 6.07) is 3.36. The lowest BCUT2D eigenvalue weighted by molar-refractivity contribution is 0.587. The summed E-state index contributed by atoms with van der Waals surface area (Å²) in [5.74, 6) is -1.18. The van der Waals surface area contributed by atoms with Gasteiger partial charge in [-0.15, -0.1) is 11.3 Å². The van der Waals surface area contributed by atoms with Gasteiger partial charge in [-0.2, -0.15) is 0 Å². The van der Waals surface area contributed by atoms with E-state index < -0.39 is 31.4 Å². The van der Waals surface area contributed by atoms with E-state index >= 15 is 0 Å². The molecule has 0 amide bonds. The van der Waals surface area contributed by atoms with Gasteiger partial charge in [0, 0.05) is 16.3 Å². The smallest absolute Gasteiger partial charge is 0.210 e. The van der Waals surface area contributed by atoms with Crippen LogP contribution < -0.4 is 5.14 Å². The third-order valence-electron chi connectivity index (χ3n) is 2.27. The third kappa shape index (κ3) is 2.86. The molecule has 0 aliphatic rings. The molecule has 2 aromatic rings.